The lowest BCUT2D eigenvalue weighted by atomic mass is 10.2. The summed E-state index contributed by atoms with van der Waals surface area (Å²) >= 11 is 0. The molecule has 0 spiro atoms. The number of nitrogens with zero attached hydrogens (tertiary/aromatic N) is 3. The lowest BCUT2D eigenvalue weighted by Crippen LogP contribution is -2.50. The van der Waals surface area contributed by atoms with E-state index in [4.69, 9.17) is 9.47 Å². The number of para-hydroxylation sites is 2. The van der Waals surface area contributed by atoms with E-state index >= 15 is 0 Å². The standard InChI is InChI=1S/C22H29N3O5S/c1-17-15-18(31(27,28)23(2)3)9-10-20(17)30-16-22(26)25-13-11-24(12-14-25)19-7-5-6-8-21(19)29-4/h5-10,15H,11-14,16H2,1-4H3. The van der Waals surface area contributed by atoms with Gasteiger partial charge >= 0.3 is 0 Å². The number of anilines is 1. The molecule has 0 saturated carbocycles. The van der Waals surface area contributed by atoms with Gasteiger partial charge in [-0.15, -0.1) is 0 Å². The van der Waals surface area contributed by atoms with Gasteiger partial charge in [0.15, 0.2) is 6.61 Å². The van der Waals surface area contributed by atoms with E-state index in [1.165, 1.54) is 20.2 Å². The van der Waals surface area contributed by atoms with Crippen molar-refractivity contribution in [1.29, 1.82) is 0 Å². The molecule has 0 radical (unpaired) electrons. The van der Waals surface area contributed by atoms with Crippen LogP contribution in [0, 0.1) is 6.92 Å². The van der Waals surface area contributed by atoms with Crippen molar-refractivity contribution in [2.24, 2.45) is 0 Å². The molecule has 31 heavy (non-hydrogen) atoms. The number of carbonyl (C=O) groups is 1. The molecule has 168 valence electrons. The van der Waals surface area contributed by atoms with E-state index in [0.29, 0.717) is 37.5 Å². The highest BCUT2D eigenvalue weighted by atomic mass is 32.2. The summed E-state index contributed by atoms with van der Waals surface area (Å²) in [4.78, 5) is 16.8. The molecule has 2 aromatic carbocycles. The van der Waals surface area contributed by atoms with Crippen LogP contribution in [-0.4, -0.2) is 77.5 Å². The van der Waals surface area contributed by atoms with Gasteiger partial charge in [-0.1, -0.05) is 12.1 Å². The molecular formula is C22H29N3O5S. The van der Waals surface area contributed by atoms with Crippen molar-refractivity contribution in [3.05, 3.63) is 48.0 Å². The van der Waals surface area contributed by atoms with E-state index in [1.54, 1.807) is 31.1 Å². The summed E-state index contributed by atoms with van der Waals surface area (Å²) in [5, 5.41) is 0. The number of hydrogen-bond acceptors (Lipinski definition) is 6. The monoisotopic (exact) mass is 447 g/mol. The molecule has 3 rings (SSSR count). The summed E-state index contributed by atoms with van der Waals surface area (Å²) < 4.78 is 36.8. The van der Waals surface area contributed by atoms with Gasteiger partial charge in [0.1, 0.15) is 11.5 Å². The second kappa shape index (κ2) is 9.57. The number of methoxy groups -OCH3 is 1. The maximum atomic E-state index is 12.6. The Bertz CT molecular complexity index is 1030. The Balaban J connectivity index is 1.56. The van der Waals surface area contributed by atoms with Crippen LogP contribution in [0.25, 0.3) is 0 Å². The highest BCUT2D eigenvalue weighted by molar-refractivity contribution is 7.89. The molecule has 1 aliphatic rings. The molecule has 0 aliphatic carbocycles. The molecule has 0 atom stereocenters. The molecule has 1 saturated heterocycles. The Hall–Kier alpha value is -2.78. The Morgan fingerprint density at radius 3 is 2.32 bits per heavy atom. The van der Waals surface area contributed by atoms with Crippen molar-refractivity contribution in [1.82, 2.24) is 9.21 Å². The number of carbonyl (C=O) groups excluding carboxylic acids is 1. The minimum Gasteiger partial charge on any atom is -0.495 e. The molecule has 1 amide bonds. The van der Waals surface area contributed by atoms with E-state index in [1.807, 2.05) is 24.3 Å². The van der Waals surface area contributed by atoms with Gasteiger partial charge in [-0.25, -0.2) is 12.7 Å². The third kappa shape index (κ3) is 5.11. The van der Waals surface area contributed by atoms with E-state index in [0.717, 1.165) is 15.7 Å². The van der Waals surface area contributed by atoms with Crippen LogP contribution in [0.4, 0.5) is 5.69 Å². The van der Waals surface area contributed by atoms with Gasteiger partial charge in [0.25, 0.3) is 5.91 Å². The zero-order chi connectivity index (χ0) is 22.6. The average molecular weight is 448 g/mol. The molecule has 1 fully saturated rings. The Labute approximate surface area is 184 Å². The van der Waals surface area contributed by atoms with Gasteiger partial charge in [-0.2, -0.15) is 0 Å². The predicted octanol–water partition coefficient (Wildman–Crippen LogP) is 1.98. The Kier molecular flexibility index (Phi) is 7.07. The minimum atomic E-state index is -3.51. The first kappa shape index (κ1) is 22.9. The van der Waals surface area contributed by atoms with E-state index < -0.39 is 10.0 Å². The number of rotatable bonds is 7. The molecule has 9 heteroatoms. The van der Waals surface area contributed by atoms with E-state index in [2.05, 4.69) is 4.90 Å². The first-order valence-corrected chi connectivity index (χ1v) is 11.5. The van der Waals surface area contributed by atoms with E-state index in [9.17, 15) is 13.2 Å². The Morgan fingerprint density at radius 2 is 1.71 bits per heavy atom. The van der Waals surface area contributed by atoms with Crippen LogP contribution in [0.3, 0.4) is 0 Å². The molecule has 1 aliphatic heterocycles. The summed E-state index contributed by atoms with van der Waals surface area (Å²) in [7, 11) is 1.12. The zero-order valence-corrected chi connectivity index (χ0v) is 19.2. The molecule has 2 aromatic rings. The average Bonchev–Trinajstić information content (AvgIpc) is 2.78. The van der Waals surface area contributed by atoms with Crippen molar-refractivity contribution in [3.8, 4) is 11.5 Å². The quantitative estimate of drug-likeness (QED) is 0.646. The smallest absolute Gasteiger partial charge is 0.260 e. The highest BCUT2D eigenvalue weighted by Crippen LogP contribution is 2.28. The Morgan fingerprint density at radius 1 is 1.03 bits per heavy atom. The molecule has 0 bridgehead atoms. The van der Waals surface area contributed by atoms with Crippen LogP contribution in [0.2, 0.25) is 0 Å². The fourth-order valence-corrected chi connectivity index (χ4v) is 4.46. The molecular weight excluding hydrogens is 418 g/mol. The fraction of sp³-hybridized carbons (Fsp3) is 0.409. The maximum Gasteiger partial charge on any atom is 0.260 e. The molecule has 0 aromatic heterocycles. The molecule has 0 unspecified atom stereocenters. The zero-order valence-electron chi connectivity index (χ0n) is 18.4. The van der Waals surface area contributed by atoms with Crippen molar-refractivity contribution in [2.75, 3.05) is 58.9 Å². The summed E-state index contributed by atoms with van der Waals surface area (Å²) in [6.07, 6.45) is 0. The van der Waals surface area contributed by atoms with E-state index in [-0.39, 0.29) is 17.4 Å². The van der Waals surface area contributed by atoms with Gasteiger partial charge < -0.3 is 19.3 Å². The fourth-order valence-electron chi connectivity index (χ4n) is 3.47. The maximum absolute atomic E-state index is 12.6. The summed E-state index contributed by atoms with van der Waals surface area (Å²) in [5.74, 6) is 1.23. The van der Waals surface area contributed by atoms with Crippen molar-refractivity contribution >= 4 is 21.6 Å². The number of hydrogen-bond donors (Lipinski definition) is 0. The number of piperazine rings is 1. The number of aryl methyl sites for hydroxylation is 1. The third-order valence-electron chi connectivity index (χ3n) is 5.33. The van der Waals surface area contributed by atoms with Gasteiger partial charge in [-0.05, 0) is 42.8 Å². The van der Waals surface area contributed by atoms with Crippen molar-refractivity contribution in [2.45, 2.75) is 11.8 Å². The lowest BCUT2D eigenvalue weighted by molar-refractivity contribution is -0.133. The van der Waals surface area contributed by atoms with Crippen LogP contribution in [0.15, 0.2) is 47.4 Å². The van der Waals surface area contributed by atoms with Crippen LogP contribution in [0.5, 0.6) is 11.5 Å². The van der Waals surface area contributed by atoms with Crippen molar-refractivity contribution in [3.63, 3.8) is 0 Å². The molecule has 8 nitrogen and oxygen atoms in total. The van der Waals surface area contributed by atoms with Gasteiger partial charge in [0.05, 0.1) is 17.7 Å². The second-order valence-corrected chi connectivity index (χ2v) is 9.69. The lowest BCUT2D eigenvalue weighted by Gasteiger charge is -2.36. The SMILES string of the molecule is COc1ccccc1N1CCN(C(=O)COc2ccc(S(=O)(=O)N(C)C)cc2C)CC1. The van der Waals surface area contributed by atoms with Crippen LogP contribution < -0.4 is 14.4 Å². The number of sulfonamides is 1. The second-order valence-electron chi connectivity index (χ2n) is 7.54. The van der Waals surface area contributed by atoms with Crippen molar-refractivity contribution < 1.29 is 22.7 Å². The van der Waals surface area contributed by atoms with Gasteiger partial charge in [0.2, 0.25) is 10.0 Å². The largest absolute Gasteiger partial charge is 0.495 e. The predicted molar refractivity (Wildman–Crippen MR) is 119 cm³/mol. The minimum absolute atomic E-state index is 0.0880. The highest BCUT2D eigenvalue weighted by Gasteiger charge is 2.23. The normalized spacial score (nSPS) is 14.6. The summed E-state index contributed by atoms with van der Waals surface area (Å²) in [6.45, 7) is 4.29. The van der Waals surface area contributed by atoms with Crippen LogP contribution in [0.1, 0.15) is 5.56 Å². The summed E-state index contributed by atoms with van der Waals surface area (Å²) in [5.41, 5.74) is 1.69. The molecule has 1 heterocycles. The van der Waals surface area contributed by atoms with Gasteiger partial charge in [0, 0.05) is 40.3 Å². The number of benzene rings is 2. The first-order valence-electron chi connectivity index (χ1n) is 10.1. The number of amides is 1. The van der Waals surface area contributed by atoms with Crippen LogP contribution in [-0.2, 0) is 14.8 Å². The van der Waals surface area contributed by atoms with Gasteiger partial charge in [-0.3, -0.25) is 4.79 Å². The topological polar surface area (TPSA) is 79.4 Å². The van der Waals surface area contributed by atoms with Crippen LogP contribution >= 0.6 is 0 Å². The first-order chi connectivity index (χ1) is 14.7. The molecule has 0 N–H and O–H groups in total. The summed E-state index contributed by atoms with van der Waals surface area (Å²) in [6, 6.07) is 12.5. The third-order valence-corrected chi connectivity index (χ3v) is 7.15. The number of ether oxygens (including phenoxy) is 2.